The van der Waals surface area contributed by atoms with Gasteiger partial charge in [0.2, 0.25) is 0 Å². The van der Waals surface area contributed by atoms with E-state index in [0.717, 1.165) is 38.3 Å². The summed E-state index contributed by atoms with van der Waals surface area (Å²) < 4.78 is 0. The molecule has 1 aliphatic heterocycles. The van der Waals surface area contributed by atoms with Crippen LogP contribution >= 0.6 is 0 Å². The van der Waals surface area contributed by atoms with E-state index in [1.807, 2.05) is 30.9 Å². The number of hydrogen-bond donors (Lipinski definition) is 0. The smallest absolute Gasteiger partial charge is 0.253 e. The highest BCUT2D eigenvalue weighted by Gasteiger charge is 2.34. The molecule has 168 valence electrons. The van der Waals surface area contributed by atoms with Crippen molar-refractivity contribution >= 4 is 5.91 Å². The van der Waals surface area contributed by atoms with E-state index in [1.165, 1.54) is 17.5 Å². The van der Waals surface area contributed by atoms with Crippen molar-refractivity contribution in [1.29, 1.82) is 0 Å². The predicted molar refractivity (Wildman–Crippen MR) is 129 cm³/mol. The van der Waals surface area contributed by atoms with Crippen molar-refractivity contribution < 1.29 is 4.79 Å². The maximum atomic E-state index is 12.8. The van der Waals surface area contributed by atoms with Gasteiger partial charge in [0.15, 0.2) is 0 Å². The predicted octanol–water partition coefficient (Wildman–Crippen LogP) is 5.06. The Labute approximate surface area is 188 Å². The van der Waals surface area contributed by atoms with E-state index in [0.29, 0.717) is 12.1 Å². The second kappa shape index (κ2) is 10.9. The molecule has 1 saturated heterocycles. The molecular weight excluding hydrogens is 382 g/mol. The first-order chi connectivity index (χ1) is 15.0. The molecule has 0 radical (unpaired) electrons. The standard InChI is InChI=1S/C27H39N3O/c1-6-18-29-19-22(5)30(20-21(29)4)26(23-12-10-9-11-13-23)24-14-16-25(17-15-24)27(31)28(7-2)8-3/h9-17,21-22,26H,6-8,18-20H2,1-5H3/t21-,22+,26-/m1/s1. The molecule has 0 aromatic heterocycles. The van der Waals surface area contributed by atoms with Gasteiger partial charge in [-0.1, -0.05) is 49.4 Å². The minimum Gasteiger partial charge on any atom is -0.339 e. The second-order valence-electron chi connectivity index (χ2n) is 8.80. The van der Waals surface area contributed by atoms with E-state index < -0.39 is 0 Å². The van der Waals surface area contributed by atoms with Crippen LogP contribution in [0.2, 0.25) is 0 Å². The number of nitrogens with zero attached hydrogens (tertiary/aromatic N) is 3. The fourth-order valence-electron chi connectivity index (χ4n) is 4.90. The Kier molecular flexibility index (Phi) is 8.28. The molecule has 1 heterocycles. The van der Waals surface area contributed by atoms with E-state index in [1.54, 1.807) is 0 Å². The number of amides is 1. The van der Waals surface area contributed by atoms with E-state index in [9.17, 15) is 4.79 Å². The van der Waals surface area contributed by atoms with Gasteiger partial charge in [0.05, 0.1) is 6.04 Å². The fourth-order valence-corrected chi connectivity index (χ4v) is 4.90. The maximum absolute atomic E-state index is 12.8. The van der Waals surface area contributed by atoms with Gasteiger partial charge < -0.3 is 4.90 Å². The lowest BCUT2D eigenvalue weighted by atomic mass is 9.93. The second-order valence-corrected chi connectivity index (χ2v) is 8.80. The Balaban J connectivity index is 1.91. The lowest BCUT2D eigenvalue weighted by Gasteiger charge is -2.47. The van der Waals surface area contributed by atoms with Gasteiger partial charge in [-0.25, -0.2) is 0 Å². The average molecular weight is 422 g/mol. The van der Waals surface area contributed by atoms with Crippen LogP contribution in [0.1, 0.15) is 68.6 Å². The van der Waals surface area contributed by atoms with Gasteiger partial charge in [-0.15, -0.1) is 0 Å². The van der Waals surface area contributed by atoms with Gasteiger partial charge in [0, 0.05) is 43.8 Å². The Morgan fingerprint density at radius 1 is 0.903 bits per heavy atom. The summed E-state index contributed by atoms with van der Waals surface area (Å²) in [6.07, 6.45) is 1.20. The number of carbonyl (C=O) groups excluding carboxylic acids is 1. The quantitative estimate of drug-likeness (QED) is 0.596. The molecule has 1 amide bonds. The zero-order valence-electron chi connectivity index (χ0n) is 19.9. The first kappa shape index (κ1) is 23.5. The molecule has 0 N–H and O–H groups in total. The van der Waals surface area contributed by atoms with Crippen molar-refractivity contribution in [3.05, 3.63) is 71.3 Å². The molecule has 0 bridgehead atoms. The van der Waals surface area contributed by atoms with Crippen LogP contribution in [0, 0.1) is 0 Å². The SMILES string of the molecule is CCCN1C[C@H](C)N([C@H](c2ccccc2)c2ccc(C(=O)N(CC)CC)cc2)C[C@H]1C. The van der Waals surface area contributed by atoms with Crippen LogP contribution in [-0.4, -0.2) is 65.4 Å². The zero-order chi connectivity index (χ0) is 22.4. The van der Waals surface area contributed by atoms with Crippen molar-refractivity contribution in [3.63, 3.8) is 0 Å². The number of benzene rings is 2. The molecule has 31 heavy (non-hydrogen) atoms. The van der Waals surface area contributed by atoms with Crippen LogP contribution in [0.5, 0.6) is 0 Å². The summed E-state index contributed by atoms with van der Waals surface area (Å²) >= 11 is 0. The summed E-state index contributed by atoms with van der Waals surface area (Å²) in [5.74, 6) is 0.114. The fraction of sp³-hybridized carbons (Fsp3) is 0.519. The van der Waals surface area contributed by atoms with Gasteiger partial charge in [0.1, 0.15) is 0 Å². The third kappa shape index (κ3) is 5.36. The van der Waals surface area contributed by atoms with Crippen LogP contribution in [0.25, 0.3) is 0 Å². The molecular formula is C27H39N3O. The molecule has 0 aliphatic carbocycles. The summed E-state index contributed by atoms with van der Waals surface area (Å²) in [6, 6.07) is 20.3. The Bertz CT molecular complexity index is 816. The molecule has 4 nitrogen and oxygen atoms in total. The van der Waals surface area contributed by atoms with Gasteiger partial charge in [-0.3, -0.25) is 14.6 Å². The van der Waals surface area contributed by atoms with Gasteiger partial charge >= 0.3 is 0 Å². The molecule has 4 heteroatoms. The van der Waals surface area contributed by atoms with Gasteiger partial charge in [-0.05, 0) is 63.9 Å². The summed E-state index contributed by atoms with van der Waals surface area (Å²) in [4.78, 5) is 19.9. The monoisotopic (exact) mass is 421 g/mol. The van der Waals surface area contributed by atoms with Gasteiger partial charge in [-0.2, -0.15) is 0 Å². The third-order valence-corrected chi connectivity index (χ3v) is 6.65. The molecule has 1 aliphatic rings. The Hall–Kier alpha value is -2.17. The molecule has 3 atom stereocenters. The minimum atomic E-state index is 0.114. The Morgan fingerprint density at radius 3 is 2.10 bits per heavy atom. The van der Waals surface area contributed by atoms with Crippen molar-refractivity contribution in [2.75, 3.05) is 32.7 Å². The van der Waals surface area contributed by atoms with E-state index in [-0.39, 0.29) is 11.9 Å². The summed E-state index contributed by atoms with van der Waals surface area (Å²) in [7, 11) is 0. The first-order valence-electron chi connectivity index (χ1n) is 11.9. The van der Waals surface area contributed by atoms with Crippen LogP contribution in [-0.2, 0) is 0 Å². The van der Waals surface area contributed by atoms with Crippen LogP contribution in [0.3, 0.4) is 0 Å². The first-order valence-corrected chi connectivity index (χ1v) is 11.9. The lowest BCUT2D eigenvalue weighted by molar-refractivity contribution is 0.0242. The minimum absolute atomic E-state index is 0.114. The molecule has 1 fully saturated rings. The number of rotatable bonds is 8. The topological polar surface area (TPSA) is 26.8 Å². The highest BCUT2D eigenvalue weighted by atomic mass is 16.2. The van der Waals surface area contributed by atoms with E-state index in [4.69, 9.17) is 0 Å². The van der Waals surface area contributed by atoms with Crippen molar-refractivity contribution in [1.82, 2.24) is 14.7 Å². The van der Waals surface area contributed by atoms with Crippen LogP contribution < -0.4 is 0 Å². The lowest BCUT2D eigenvalue weighted by Crippen LogP contribution is -2.57. The average Bonchev–Trinajstić information content (AvgIpc) is 2.79. The molecule has 0 unspecified atom stereocenters. The van der Waals surface area contributed by atoms with E-state index in [2.05, 4.69) is 73.0 Å². The van der Waals surface area contributed by atoms with Crippen molar-refractivity contribution in [2.45, 2.75) is 59.2 Å². The van der Waals surface area contributed by atoms with Gasteiger partial charge in [0.25, 0.3) is 5.91 Å². The van der Waals surface area contributed by atoms with Crippen molar-refractivity contribution in [3.8, 4) is 0 Å². The largest absolute Gasteiger partial charge is 0.339 e. The summed E-state index contributed by atoms with van der Waals surface area (Å²) in [5.41, 5.74) is 3.34. The summed E-state index contributed by atoms with van der Waals surface area (Å²) in [6.45, 7) is 15.8. The normalized spacial score (nSPS) is 21.1. The summed E-state index contributed by atoms with van der Waals surface area (Å²) in [5, 5.41) is 0. The Morgan fingerprint density at radius 2 is 1.52 bits per heavy atom. The molecule has 2 aromatic carbocycles. The van der Waals surface area contributed by atoms with Crippen LogP contribution in [0.4, 0.5) is 0 Å². The van der Waals surface area contributed by atoms with E-state index >= 15 is 0 Å². The number of hydrogen-bond acceptors (Lipinski definition) is 3. The number of carbonyl (C=O) groups is 1. The molecule has 3 rings (SSSR count). The molecule has 0 spiro atoms. The third-order valence-electron chi connectivity index (χ3n) is 6.65. The zero-order valence-corrected chi connectivity index (χ0v) is 19.9. The highest BCUT2D eigenvalue weighted by Crippen LogP contribution is 2.33. The molecule has 0 saturated carbocycles. The molecule has 2 aromatic rings. The van der Waals surface area contributed by atoms with Crippen molar-refractivity contribution in [2.24, 2.45) is 0 Å². The van der Waals surface area contributed by atoms with Crippen LogP contribution in [0.15, 0.2) is 54.6 Å². The maximum Gasteiger partial charge on any atom is 0.253 e. The highest BCUT2D eigenvalue weighted by molar-refractivity contribution is 5.94. The number of piperazine rings is 1.